The van der Waals surface area contributed by atoms with Gasteiger partial charge in [-0.2, -0.15) is 10.1 Å². The molecule has 0 saturated heterocycles. The third-order valence-corrected chi connectivity index (χ3v) is 4.30. The molecule has 0 aliphatic carbocycles. The van der Waals surface area contributed by atoms with Crippen LogP contribution in [-0.4, -0.2) is 39.0 Å². The Balaban J connectivity index is 2.02. The molecule has 0 bridgehead atoms. The summed E-state index contributed by atoms with van der Waals surface area (Å²) in [5, 5.41) is 16.6. The normalized spacial score (nSPS) is 18.9. The molecule has 1 amide bonds. The molecule has 0 saturated carbocycles. The largest absolute Gasteiger partial charge is 0.494 e. The van der Waals surface area contributed by atoms with Gasteiger partial charge in [-0.3, -0.25) is 4.79 Å². The zero-order chi connectivity index (χ0) is 18.7. The number of hydrogen-bond acceptors (Lipinski definition) is 6. The zero-order valence-corrected chi connectivity index (χ0v) is 14.7. The fraction of sp³-hybridized carbons (Fsp3) is 0.389. The first-order chi connectivity index (χ1) is 12.5. The van der Waals surface area contributed by atoms with Crippen LogP contribution in [0.4, 0.5) is 5.95 Å². The molecular formula is C18H23N5O3. The number of aromatic nitrogens is 3. The summed E-state index contributed by atoms with van der Waals surface area (Å²) >= 11 is 0. The molecule has 26 heavy (non-hydrogen) atoms. The maximum atomic E-state index is 12.1. The summed E-state index contributed by atoms with van der Waals surface area (Å²) in [7, 11) is 0. The highest BCUT2D eigenvalue weighted by atomic mass is 16.5. The van der Waals surface area contributed by atoms with Gasteiger partial charge in [0.25, 0.3) is 0 Å². The van der Waals surface area contributed by atoms with Gasteiger partial charge in [-0.25, -0.2) is 4.68 Å². The van der Waals surface area contributed by atoms with Gasteiger partial charge in [0, 0.05) is 18.7 Å². The smallest absolute Gasteiger partial charge is 0.229 e. The third-order valence-electron chi connectivity index (χ3n) is 4.30. The molecular weight excluding hydrogens is 334 g/mol. The summed E-state index contributed by atoms with van der Waals surface area (Å²) in [6.07, 6.45) is 1.11. The summed E-state index contributed by atoms with van der Waals surface area (Å²) in [5.74, 6) is 0.712. The number of carbonyl (C=O) groups is 1. The minimum absolute atomic E-state index is 0.0657. The Kier molecular flexibility index (Phi) is 5.22. The van der Waals surface area contributed by atoms with Crippen molar-refractivity contribution < 1.29 is 14.6 Å². The van der Waals surface area contributed by atoms with Crippen LogP contribution in [0.1, 0.15) is 30.8 Å². The van der Waals surface area contributed by atoms with Gasteiger partial charge in [0.1, 0.15) is 11.7 Å². The monoisotopic (exact) mass is 357 g/mol. The van der Waals surface area contributed by atoms with Gasteiger partial charge in [0.2, 0.25) is 11.9 Å². The number of anilines is 1. The van der Waals surface area contributed by atoms with Crippen molar-refractivity contribution in [3.8, 4) is 5.75 Å². The lowest BCUT2D eigenvalue weighted by Gasteiger charge is -2.32. The first kappa shape index (κ1) is 17.9. The fourth-order valence-electron chi connectivity index (χ4n) is 3.13. The summed E-state index contributed by atoms with van der Waals surface area (Å²) < 4.78 is 7.15. The minimum atomic E-state index is -0.659. The van der Waals surface area contributed by atoms with Gasteiger partial charge < -0.3 is 20.9 Å². The summed E-state index contributed by atoms with van der Waals surface area (Å²) in [5.41, 5.74) is 7.00. The van der Waals surface area contributed by atoms with Crippen LogP contribution in [0.2, 0.25) is 0 Å². The highest BCUT2D eigenvalue weighted by molar-refractivity contribution is 5.82. The van der Waals surface area contributed by atoms with Crippen LogP contribution in [0.5, 0.6) is 5.75 Å². The van der Waals surface area contributed by atoms with Crippen molar-refractivity contribution in [3.05, 3.63) is 47.9 Å². The number of rotatable bonds is 7. The number of benzene rings is 1. The van der Waals surface area contributed by atoms with E-state index in [0.29, 0.717) is 36.9 Å². The van der Waals surface area contributed by atoms with E-state index in [4.69, 9.17) is 15.6 Å². The van der Waals surface area contributed by atoms with Crippen molar-refractivity contribution in [3.63, 3.8) is 0 Å². The molecule has 0 fully saturated rings. The molecule has 0 unspecified atom stereocenters. The second kappa shape index (κ2) is 7.57. The van der Waals surface area contributed by atoms with Crippen molar-refractivity contribution in [2.24, 2.45) is 11.7 Å². The van der Waals surface area contributed by atoms with E-state index in [1.165, 1.54) is 0 Å². The Hall–Kier alpha value is -2.87. The van der Waals surface area contributed by atoms with Crippen molar-refractivity contribution in [1.29, 1.82) is 0 Å². The van der Waals surface area contributed by atoms with Gasteiger partial charge in [-0.05, 0) is 31.0 Å². The maximum Gasteiger partial charge on any atom is 0.229 e. The van der Waals surface area contributed by atoms with Crippen LogP contribution in [0, 0.1) is 5.92 Å². The van der Waals surface area contributed by atoms with E-state index in [1.54, 1.807) is 4.68 Å². The van der Waals surface area contributed by atoms with Crippen LogP contribution in [-0.2, 0) is 11.2 Å². The molecule has 2 aromatic rings. The average Bonchev–Trinajstić information content (AvgIpc) is 3.02. The third kappa shape index (κ3) is 3.41. The molecule has 4 N–H and O–H groups in total. The number of amides is 1. The van der Waals surface area contributed by atoms with E-state index in [9.17, 15) is 4.79 Å². The quantitative estimate of drug-likeness (QED) is 0.686. The van der Waals surface area contributed by atoms with Crippen LogP contribution < -0.4 is 15.8 Å². The molecule has 1 aliphatic rings. The number of primary amides is 1. The predicted molar refractivity (Wildman–Crippen MR) is 96.6 cm³/mol. The molecule has 2 atom stereocenters. The molecule has 8 heteroatoms. The highest BCUT2D eigenvalue weighted by Gasteiger charge is 2.38. The van der Waals surface area contributed by atoms with Gasteiger partial charge in [0.05, 0.1) is 12.6 Å². The predicted octanol–water partition coefficient (Wildman–Crippen LogP) is 1.23. The van der Waals surface area contributed by atoms with Gasteiger partial charge in [-0.1, -0.05) is 18.7 Å². The molecule has 138 valence electrons. The van der Waals surface area contributed by atoms with Crippen molar-refractivity contribution in [2.75, 3.05) is 18.5 Å². The van der Waals surface area contributed by atoms with E-state index in [0.717, 1.165) is 11.3 Å². The van der Waals surface area contributed by atoms with Crippen molar-refractivity contribution >= 4 is 11.9 Å². The van der Waals surface area contributed by atoms with Gasteiger partial charge >= 0.3 is 0 Å². The molecule has 0 radical (unpaired) electrons. The number of nitrogens with zero attached hydrogens (tertiary/aromatic N) is 3. The van der Waals surface area contributed by atoms with E-state index >= 15 is 0 Å². The molecule has 1 aromatic heterocycles. The first-order valence-corrected chi connectivity index (χ1v) is 8.59. The number of ether oxygens (including phenoxy) is 1. The molecule has 3 rings (SSSR count). The second-order valence-electron chi connectivity index (χ2n) is 6.10. The van der Waals surface area contributed by atoms with Crippen molar-refractivity contribution in [2.45, 2.75) is 25.8 Å². The maximum absolute atomic E-state index is 12.1. The molecule has 2 heterocycles. The van der Waals surface area contributed by atoms with Crippen molar-refractivity contribution in [1.82, 2.24) is 14.8 Å². The zero-order valence-electron chi connectivity index (χ0n) is 14.7. The number of aliphatic hydroxyl groups excluding tert-OH is 1. The number of aryl methyl sites for hydroxylation is 1. The van der Waals surface area contributed by atoms with Crippen LogP contribution in [0.15, 0.2) is 36.5 Å². The Morgan fingerprint density at radius 2 is 2.15 bits per heavy atom. The molecule has 0 spiro atoms. The summed E-state index contributed by atoms with van der Waals surface area (Å²) in [4.78, 5) is 16.6. The number of fused-ring (bicyclic) bond motifs is 1. The summed E-state index contributed by atoms with van der Waals surface area (Å²) in [6.45, 7) is 6.52. The van der Waals surface area contributed by atoms with E-state index in [2.05, 4.69) is 22.0 Å². The Morgan fingerprint density at radius 3 is 2.77 bits per heavy atom. The molecule has 1 aliphatic heterocycles. The van der Waals surface area contributed by atoms with Crippen LogP contribution in [0.25, 0.3) is 0 Å². The fourth-order valence-corrected chi connectivity index (χ4v) is 3.13. The number of nitrogens with one attached hydrogen (secondary N) is 1. The highest BCUT2D eigenvalue weighted by Crippen LogP contribution is 2.37. The molecule has 8 nitrogen and oxygen atoms in total. The Morgan fingerprint density at radius 1 is 1.42 bits per heavy atom. The summed E-state index contributed by atoms with van der Waals surface area (Å²) in [6, 6.07) is 7.05. The number of hydrogen-bond donors (Lipinski definition) is 3. The average molecular weight is 357 g/mol. The number of nitrogens with two attached hydrogens (primary N) is 1. The number of carbonyl (C=O) groups excluding carboxylic acids is 1. The van der Waals surface area contributed by atoms with E-state index in [-0.39, 0.29) is 6.61 Å². The SMILES string of the molecule is C=C1Nc2nc(CCCO)nn2[C@@H](c2ccc(OCC)cc2)[C@@H]1C(N)=O. The van der Waals surface area contributed by atoms with E-state index < -0.39 is 17.9 Å². The van der Waals surface area contributed by atoms with E-state index in [1.807, 2.05) is 31.2 Å². The van der Waals surface area contributed by atoms with Gasteiger partial charge in [0.15, 0.2) is 5.82 Å². The Bertz CT molecular complexity index is 800. The molecule has 1 aromatic carbocycles. The lowest BCUT2D eigenvalue weighted by molar-refractivity contribution is -0.121. The lowest BCUT2D eigenvalue weighted by Crippen LogP contribution is -2.40. The second-order valence-corrected chi connectivity index (χ2v) is 6.10. The minimum Gasteiger partial charge on any atom is -0.494 e. The topological polar surface area (TPSA) is 115 Å². The van der Waals surface area contributed by atoms with Crippen LogP contribution >= 0.6 is 0 Å². The lowest BCUT2D eigenvalue weighted by atomic mass is 9.89. The Labute approximate surface area is 151 Å². The standard InChI is InChI=1S/C18H23N5O3/c1-3-26-13-8-6-12(7-9-13)16-15(17(19)25)11(2)20-18-21-14(5-4-10-24)22-23(16)18/h6-9,15-16,24H,2-5,10H2,1H3,(H2,19,25)(H,20,21,22)/t15-,16+/m1/s1. The first-order valence-electron chi connectivity index (χ1n) is 8.59. The van der Waals surface area contributed by atoms with Crippen LogP contribution in [0.3, 0.4) is 0 Å². The number of aliphatic hydroxyl groups is 1. The van der Waals surface area contributed by atoms with Gasteiger partial charge in [-0.15, -0.1) is 0 Å².